The molecule has 0 radical (unpaired) electrons. The van der Waals surface area contributed by atoms with Gasteiger partial charge in [0.15, 0.2) is 5.54 Å². The molecule has 1 aliphatic heterocycles. The molecule has 2 heterocycles. The smallest absolute Gasteiger partial charge is 0.336 e. The molecule has 0 bridgehead atoms. The Bertz CT molecular complexity index is 317. The Morgan fingerprint density at radius 3 is 2.93 bits per heavy atom. The summed E-state index contributed by atoms with van der Waals surface area (Å²) in [7, 11) is 0. The minimum atomic E-state index is -0.612. The fourth-order valence-electron chi connectivity index (χ4n) is 1.55. The van der Waals surface area contributed by atoms with Crippen molar-refractivity contribution in [2.24, 2.45) is 0 Å². The SMILES string of the molecule is CCOC(=O)C1(n2cccn2)CNC1. The number of hydrogen-bond donors (Lipinski definition) is 1. The predicted molar refractivity (Wildman–Crippen MR) is 49.7 cm³/mol. The molecule has 1 aliphatic rings. The van der Waals surface area contributed by atoms with Gasteiger partial charge in [-0.3, -0.25) is 4.68 Å². The summed E-state index contributed by atoms with van der Waals surface area (Å²) < 4.78 is 6.70. The van der Waals surface area contributed by atoms with Crippen molar-refractivity contribution in [3.05, 3.63) is 18.5 Å². The van der Waals surface area contributed by atoms with Gasteiger partial charge in [-0.2, -0.15) is 5.10 Å². The average molecular weight is 195 g/mol. The maximum absolute atomic E-state index is 11.7. The summed E-state index contributed by atoms with van der Waals surface area (Å²) in [5, 5.41) is 7.16. The van der Waals surface area contributed by atoms with Crippen LogP contribution in [0, 0.1) is 0 Å². The minimum Gasteiger partial charge on any atom is -0.464 e. The van der Waals surface area contributed by atoms with E-state index in [0.29, 0.717) is 19.7 Å². The van der Waals surface area contributed by atoms with Crippen LogP contribution in [-0.2, 0) is 15.1 Å². The first-order valence-electron chi connectivity index (χ1n) is 4.67. The van der Waals surface area contributed by atoms with Crippen molar-refractivity contribution in [3.63, 3.8) is 0 Å². The summed E-state index contributed by atoms with van der Waals surface area (Å²) >= 11 is 0. The summed E-state index contributed by atoms with van der Waals surface area (Å²) in [6.45, 7) is 3.39. The quantitative estimate of drug-likeness (QED) is 0.675. The Hall–Kier alpha value is -1.36. The van der Waals surface area contributed by atoms with E-state index in [1.165, 1.54) is 0 Å². The molecule has 0 aromatic carbocycles. The lowest BCUT2D eigenvalue weighted by Crippen LogP contribution is -2.65. The van der Waals surface area contributed by atoms with Crippen LogP contribution in [0.1, 0.15) is 6.92 Å². The largest absolute Gasteiger partial charge is 0.464 e. The van der Waals surface area contributed by atoms with Gasteiger partial charge in [0.2, 0.25) is 0 Å². The van der Waals surface area contributed by atoms with Crippen molar-refractivity contribution in [2.45, 2.75) is 12.5 Å². The van der Waals surface area contributed by atoms with Crippen LogP contribution in [0.4, 0.5) is 0 Å². The molecule has 0 amide bonds. The maximum atomic E-state index is 11.7. The third kappa shape index (κ3) is 1.21. The van der Waals surface area contributed by atoms with Crippen LogP contribution in [-0.4, -0.2) is 35.4 Å². The first-order valence-corrected chi connectivity index (χ1v) is 4.67. The van der Waals surface area contributed by atoms with E-state index < -0.39 is 5.54 Å². The van der Waals surface area contributed by atoms with E-state index in [1.54, 1.807) is 30.1 Å². The Labute approximate surface area is 82.0 Å². The summed E-state index contributed by atoms with van der Waals surface area (Å²) in [5.74, 6) is -0.206. The molecular weight excluding hydrogens is 182 g/mol. The van der Waals surface area contributed by atoms with Crippen LogP contribution in [0.25, 0.3) is 0 Å². The van der Waals surface area contributed by atoms with Gasteiger partial charge < -0.3 is 10.1 Å². The molecule has 1 aromatic heterocycles. The van der Waals surface area contributed by atoms with Gasteiger partial charge in [-0.05, 0) is 13.0 Å². The number of aromatic nitrogens is 2. The Kier molecular flexibility index (Phi) is 2.25. The Morgan fingerprint density at radius 1 is 1.71 bits per heavy atom. The molecular formula is C9H13N3O2. The van der Waals surface area contributed by atoms with Crippen LogP contribution in [0.5, 0.6) is 0 Å². The molecule has 14 heavy (non-hydrogen) atoms. The molecule has 0 atom stereocenters. The van der Waals surface area contributed by atoms with Crippen molar-refractivity contribution in [2.75, 3.05) is 19.7 Å². The summed E-state index contributed by atoms with van der Waals surface area (Å²) in [5.41, 5.74) is -0.612. The lowest BCUT2D eigenvalue weighted by atomic mass is 9.93. The Morgan fingerprint density at radius 2 is 2.50 bits per heavy atom. The van der Waals surface area contributed by atoms with Crippen LogP contribution >= 0.6 is 0 Å². The van der Waals surface area contributed by atoms with Crippen molar-refractivity contribution in [1.29, 1.82) is 0 Å². The highest BCUT2D eigenvalue weighted by molar-refractivity contribution is 5.80. The van der Waals surface area contributed by atoms with Crippen molar-refractivity contribution in [3.8, 4) is 0 Å². The van der Waals surface area contributed by atoms with Crippen molar-refractivity contribution in [1.82, 2.24) is 15.1 Å². The van der Waals surface area contributed by atoms with Crippen molar-refractivity contribution < 1.29 is 9.53 Å². The fourth-order valence-corrected chi connectivity index (χ4v) is 1.55. The zero-order valence-corrected chi connectivity index (χ0v) is 8.06. The molecule has 1 N–H and O–H groups in total. The van der Waals surface area contributed by atoms with Gasteiger partial charge in [0.05, 0.1) is 6.61 Å². The molecule has 1 aromatic rings. The van der Waals surface area contributed by atoms with E-state index in [4.69, 9.17) is 4.74 Å². The van der Waals surface area contributed by atoms with E-state index >= 15 is 0 Å². The number of carbonyl (C=O) groups is 1. The lowest BCUT2D eigenvalue weighted by Gasteiger charge is -2.39. The normalized spacial score (nSPS) is 18.6. The van der Waals surface area contributed by atoms with Gasteiger partial charge in [-0.25, -0.2) is 4.79 Å². The molecule has 0 saturated carbocycles. The molecule has 1 saturated heterocycles. The molecule has 1 fully saturated rings. The second-order valence-corrected chi connectivity index (χ2v) is 3.31. The van der Waals surface area contributed by atoms with E-state index in [-0.39, 0.29) is 5.97 Å². The monoisotopic (exact) mass is 195 g/mol. The van der Waals surface area contributed by atoms with E-state index in [2.05, 4.69) is 10.4 Å². The molecule has 0 unspecified atom stereocenters. The minimum absolute atomic E-state index is 0.206. The predicted octanol–water partition coefficient (Wildman–Crippen LogP) is -0.255. The standard InChI is InChI=1S/C9H13N3O2/c1-2-14-8(13)9(6-10-7-9)12-5-3-4-11-12/h3-5,10H,2,6-7H2,1H3. The molecule has 0 aliphatic carbocycles. The highest BCUT2D eigenvalue weighted by atomic mass is 16.5. The van der Waals surface area contributed by atoms with Gasteiger partial charge in [0.1, 0.15) is 0 Å². The molecule has 5 nitrogen and oxygen atoms in total. The number of nitrogens with one attached hydrogen (secondary N) is 1. The van der Waals surface area contributed by atoms with Gasteiger partial charge in [0, 0.05) is 25.5 Å². The zero-order valence-electron chi connectivity index (χ0n) is 8.06. The first kappa shape index (κ1) is 9.21. The number of rotatable bonds is 3. The van der Waals surface area contributed by atoms with E-state index in [9.17, 15) is 4.79 Å². The van der Waals surface area contributed by atoms with E-state index in [1.807, 2.05) is 0 Å². The molecule has 0 spiro atoms. The van der Waals surface area contributed by atoms with Crippen LogP contribution < -0.4 is 5.32 Å². The van der Waals surface area contributed by atoms with Gasteiger partial charge in [0.25, 0.3) is 0 Å². The summed E-state index contributed by atoms with van der Waals surface area (Å²) in [6.07, 6.45) is 3.46. The number of esters is 1. The van der Waals surface area contributed by atoms with Gasteiger partial charge in [-0.1, -0.05) is 0 Å². The summed E-state index contributed by atoms with van der Waals surface area (Å²) in [4.78, 5) is 11.7. The van der Waals surface area contributed by atoms with Gasteiger partial charge >= 0.3 is 5.97 Å². The highest BCUT2D eigenvalue weighted by Gasteiger charge is 2.48. The number of hydrogen-bond acceptors (Lipinski definition) is 4. The van der Waals surface area contributed by atoms with Crippen LogP contribution in [0.3, 0.4) is 0 Å². The van der Waals surface area contributed by atoms with Crippen LogP contribution in [0.15, 0.2) is 18.5 Å². The third-order valence-electron chi connectivity index (χ3n) is 2.43. The topological polar surface area (TPSA) is 56.2 Å². The van der Waals surface area contributed by atoms with Crippen molar-refractivity contribution >= 4 is 5.97 Å². The maximum Gasteiger partial charge on any atom is 0.336 e. The second-order valence-electron chi connectivity index (χ2n) is 3.31. The van der Waals surface area contributed by atoms with E-state index in [0.717, 1.165) is 0 Å². The highest BCUT2D eigenvalue weighted by Crippen LogP contribution is 2.22. The fraction of sp³-hybridized carbons (Fsp3) is 0.556. The van der Waals surface area contributed by atoms with Crippen LogP contribution in [0.2, 0.25) is 0 Å². The molecule has 5 heteroatoms. The third-order valence-corrected chi connectivity index (χ3v) is 2.43. The summed E-state index contributed by atoms with van der Waals surface area (Å²) in [6, 6.07) is 1.80. The number of carbonyl (C=O) groups excluding carboxylic acids is 1. The number of nitrogens with zero attached hydrogens (tertiary/aromatic N) is 2. The van der Waals surface area contributed by atoms with Gasteiger partial charge in [-0.15, -0.1) is 0 Å². The zero-order chi connectivity index (χ0) is 10.0. The first-order chi connectivity index (χ1) is 6.79. The Balaban J connectivity index is 2.22. The molecule has 76 valence electrons. The second kappa shape index (κ2) is 3.42. The lowest BCUT2D eigenvalue weighted by molar-refractivity contribution is -0.157. The molecule has 2 rings (SSSR count). The average Bonchev–Trinajstić information content (AvgIpc) is 2.56. The number of ether oxygens (including phenoxy) is 1.